The van der Waals surface area contributed by atoms with E-state index in [-0.39, 0.29) is 17.3 Å². The highest BCUT2D eigenvalue weighted by Gasteiger charge is 2.48. The number of ketones is 1. The lowest BCUT2D eigenvalue weighted by Crippen LogP contribution is -2.30. The molecule has 1 fully saturated rings. The Morgan fingerprint density at radius 1 is 1.12 bits per heavy atom. The van der Waals surface area contributed by atoms with Crippen LogP contribution in [0.25, 0.3) is 16.8 Å². The number of anilines is 1. The molecule has 1 atom stereocenters. The first-order chi connectivity index (χ1) is 16.0. The average molecular weight is 440 g/mol. The van der Waals surface area contributed by atoms with E-state index in [1.807, 2.05) is 37.3 Å². The van der Waals surface area contributed by atoms with Gasteiger partial charge in [-0.15, -0.1) is 0 Å². The summed E-state index contributed by atoms with van der Waals surface area (Å²) in [5.74, 6) is -1.33. The third kappa shape index (κ3) is 3.32. The van der Waals surface area contributed by atoms with Gasteiger partial charge in [0.25, 0.3) is 5.78 Å². The van der Waals surface area contributed by atoms with Gasteiger partial charge in [0.15, 0.2) is 0 Å². The Morgan fingerprint density at radius 3 is 2.67 bits per heavy atom. The van der Waals surface area contributed by atoms with Crippen LogP contribution in [0.2, 0.25) is 0 Å². The number of Topliss-reactive ketones (excluding diaryl/α,β-unsaturated/α-hetero) is 1. The van der Waals surface area contributed by atoms with Crippen molar-refractivity contribution in [2.45, 2.75) is 13.0 Å². The number of nitrogens with one attached hydrogen (secondary N) is 1. The number of methoxy groups -OCH3 is 1. The lowest BCUT2D eigenvalue weighted by molar-refractivity contribution is -0.132. The molecule has 4 aromatic rings. The number of aliphatic hydroxyl groups is 1. The molecule has 8 nitrogen and oxygen atoms in total. The molecule has 8 heteroatoms. The summed E-state index contributed by atoms with van der Waals surface area (Å²) in [6.07, 6.45) is 3.16. The molecule has 164 valence electrons. The summed E-state index contributed by atoms with van der Waals surface area (Å²) in [6.45, 7) is 1.86. The second kappa shape index (κ2) is 7.90. The predicted octanol–water partition coefficient (Wildman–Crippen LogP) is 3.90. The number of H-pyrrole nitrogens is 1. The molecule has 0 saturated carbocycles. The van der Waals surface area contributed by atoms with Crippen LogP contribution >= 0.6 is 0 Å². The van der Waals surface area contributed by atoms with E-state index in [0.717, 1.165) is 11.1 Å². The second-order valence-corrected chi connectivity index (χ2v) is 7.74. The summed E-state index contributed by atoms with van der Waals surface area (Å²) in [5.41, 5.74) is 3.07. The van der Waals surface area contributed by atoms with Crippen molar-refractivity contribution >= 4 is 34.4 Å². The topological polar surface area (TPSA) is 108 Å². The molecule has 1 saturated heterocycles. The Bertz CT molecular complexity index is 1390. The maximum Gasteiger partial charge on any atom is 0.302 e. The predicted molar refractivity (Wildman–Crippen MR) is 123 cm³/mol. The third-order valence-corrected chi connectivity index (χ3v) is 5.66. The van der Waals surface area contributed by atoms with Gasteiger partial charge in [0.2, 0.25) is 5.95 Å². The van der Waals surface area contributed by atoms with Gasteiger partial charge in [-0.05, 0) is 42.8 Å². The Hall–Kier alpha value is -4.46. The highest BCUT2D eigenvalue weighted by molar-refractivity contribution is 6.51. The Kier molecular flexibility index (Phi) is 4.90. The highest BCUT2D eigenvalue weighted by Crippen LogP contribution is 2.42. The lowest BCUT2D eigenvalue weighted by atomic mass is 9.95. The number of fused-ring (bicyclic) bond motifs is 1. The van der Waals surface area contributed by atoms with Gasteiger partial charge in [0, 0.05) is 12.4 Å². The second-order valence-electron chi connectivity index (χ2n) is 7.74. The van der Waals surface area contributed by atoms with E-state index in [9.17, 15) is 14.7 Å². The minimum absolute atomic E-state index is 0.0580. The normalized spacial score (nSPS) is 17.6. The first-order valence-corrected chi connectivity index (χ1v) is 10.3. The van der Waals surface area contributed by atoms with Crippen molar-refractivity contribution in [1.29, 1.82) is 0 Å². The molecule has 3 heterocycles. The number of imidazole rings is 1. The Morgan fingerprint density at radius 2 is 1.94 bits per heavy atom. The SMILES string of the molecule is COc1ccc(C)cc1/C(O)=C1\C(=O)C(=O)N(c2nc3ccccc3[nH]2)C1c1cccnc1. The molecule has 0 spiro atoms. The number of hydrogen-bond donors (Lipinski definition) is 2. The monoisotopic (exact) mass is 440 g/mol. The van der Waals surface area contributed by atoms with Gasteiger partial charge in [-0.25, -0.2) is 4.98 Å². The number of carbonyl (C=O) groups excluding carboxylic acids is 2. The Balaban J connectivity index is 1.76. The molecular formula is C25H20N4O4. The average Bonchev–Trinajstić information content (AvgIpc) is 3.37. The van der Waals surface area contributed by atoms with Crippen LogP contribution in [0.1, 0.15) is 22.7 Å². The molecule has 0 radical (unpaired) electrons. The smallest absolute Gasteiger partial charge is 0.302 e. The molecule has 2 aromatic heterocycles. The maximum atomic E-state index is 13.3. The molecule has 5 rings (SSSR count). The van der Waals surface area contributed by atoms with Crippen molar-refractivity contribution in [3.05, 3.63) is 89.3 Å². The molecule has 1 amide bonds. The van der Waals surface area contributed by atoms with Crippen molar-refractivity contribution in [3.8, 4) is 5.75 Å². The quantitative estimate of drug-likeness (QED) is 0.283. The molecule has 33 heavy (non-hydrogen) atoms. The van der Waals surface area contributed by atoms with Crippen molar-refractivity contribution in [3.63, 3.8) is 0 Å². The number of hydrogen-bond acceptors (Lipinski definition) is 6. The summed E-state index contributed by atoms with van der Waals surface area (Å²) in [6, 6.07) is 15.1. The molecule has 1 unspecified atom stereocenters. The zero-order valence-electron chi connectivity index (χ0n) is 17.9. The van der Waals surface area contributed by atoms with E-state index < -0.39 is 17.7 Å². The van der Waals surface area contributed by atoms with Gasteiger partial charge in [0.1, 0.15) is 11.5 Å². The van der Waals surface area contributed by atoms with Crippen LogP contribution in [-0.2, 0) is 9.59 Å². The van der Waals surface area contributed by atoms with E-state index in [1.54, 1.807) is 36.7 Å². The summed E-state index contributed by atoms with van der Waals surface area (Å²) < 4.78 is 5.40. The highest BCUT2D eigenvalue weighted by atomic mass is 16.5. The van der Waals surface area contributed by atoms with Crippen LogP contribution in [0.5, 0.6) is 5.75 Å². The van der Waals surface area contributed by atoms with Crippen molar-refractivity contribution in [1.82, 2.24) is 15.0 Å². The third-order valence-electron chi connectivity index (χ3n) is 5.66. The summed E-state index contributed by atoms with van der Waals surface area (Å²) in [5, 5.41) is 11.3. The van der Waals surface area contributed by atoms with Crippen LogP contribution in [0.3, 0.4) is 0 Å². The molecule has 0 aliphatic carbocycles. The van der Waals surface area contributed by atoms with Crippen LogP contribution in [-0.4, -0.2) is 38.9 Å². The first kappa shape index (κ1) is 20.4. The molecule has 0 bridgehead atoms. The van der Waals surface area contributed by atoms with Crippen molar-refractivity contribution < 1.29 is 19.4 Å². The fourth-order valence-electron chi connectivity index (χ4n) is 4.11. The zero-order valence-corrected chi connectivity index (χ0v) is 17.9. The van der Waals surface area contributed by atoms with Crippen LogP contribution in [0.15, 0.2) is 72.6 Å². The van der Waals surface area contributed by atoms with Crippen LogP contribution < -0.4 is 9.64 Å². The number of rotatable bonds is 4. The number of ether oxygens (including phenoxy) is 1. The number of aliphatic hydroxyl groups excluding tert-OH is 1. The number of benzene rings is 2. The fourth-order valence-corrected chi connectivity index (χ4v) is 4.11. The van der Waals surface area contributed by atoms with E-state index in [0.29, 0.717) is 22.4 Å². The maximum absolute atomic E-state index is 13.3. The molecule has 2 aromatic carbocycles. The molecule has 2 N–H and O–H groups in total. The van der Waals surface area contributed by atoms with E-state index in [4.69, 9.17) is 4.74 Å². The van der Waals surface area contributed by atoms with Gasteiger partial charge in [-0.3, -0.25) is 19.5 Å². The number of aromatic amines is 1. The van der Waals surface area contributed by atoms with E-state index in [2.05, 4.69) is 15.0 Å². The van der Waals surface area contributed by atoms with E-state index in [1.165, 1.54) is 12.0 Å². The van der Waals surface area contributed by atoms with Crippen LogP contribution in [0, 0.1) is 6.92 Å². The molecular weight excluding hydrogens is 420 g/mol. The lowest BCUT2D eigenvalue weighted by Gasteiger charge is -2.23. The van der Waals surface area contributed by atoms with E-state index >= 15 is 0 Å². The number of aryl methyl sites for hydroxylation is 1. The standard InChI is InChI=1S/C25H20N4O4/c1-14-9-10-19(33-2)16(12-14)22(30)20-21(15-6-5-11-26-13-15)29(24(32)23(20)31)25-27-17-7-3-4-8-18(17)28-25/h3-13,21,30H,1-2H3,(H,27,28)/b22-20+. The number of amides is 1. The Labute approximate surface area is 189 Å². The fraction of sp³-hybridized carbons (Fsp3) is 0.120. The number of pyridine rings is 1. The molecule has 1 aliphatic rings. The first-order valence-electron chi connectivity index (χ1n) is 10.3. The summed E-state index contributed by atoms with van der Waals surface area (Å²) in [7, 11) is 1.48. The van der Waals surface area contributed by atoms with Crippen molar-refractivity contribution in [2.75, 3.05) is 12.0 Å². The number of carbonyl (C=O) groups is 2. The molecule has 1 aliphatic heterocycles. The van der Waals surface area contributed by atoms with Gasteiger partial charge in [-0.1, -0.05) is 29.8 Å². The van der Waals surface area contributed by atoms with Gasteiger partial charge in [-0.2, -0.15) is 0 Å². The zero-order chi connectivity index (χ0) is 23.1. The minimum Gasteiger partial charge on any atom is -0.507 e. The minimum atomic E-state index is -0.926. The summed E-state index contributed by atoms with van der Waals surface area (Å²) >= 11 is 0. The summed E-state index contributed by atoms with van der Waals surface area (Å²) in [4.78, 5) is 39.6. The van der Waals surface area contributed by atoms with Gasteiger partial charge < -0.3 is 14.8 Å². The number of para-hydroxylation sites is 2. The van der Waals surface area contributed by atoms with Gasteiger partial charge in [0.05, 0.1) is 35.3 Å². The largest absolute Gasteiger partial charge is 0.507 e. The number of aromatic nitrogens is 3. The van der Waals surface area contributed by atoms with Gasteiger partial charge >= 0.3 is 5.91 Å². The van der Waals surface area contributed by atoms with Crippen molar-refractivity contribution in [2.24, 2.45) is 0 Å². The number of nitrogens with zero attached hydrogens (tertiary/aromatic N) is 3. The van der Waals surface area contributed by atoms with Crippen LogP contribution in [0.4, 0.5) is 5.95 Å².